The Morgan fingerprint density at radius 1 is 1.44 bits per heavy atom. The van der Waals surface area contributed by atoms with Crippen molar-refractivity contribution in [2.75, 3.05) is 5.33 Å². The lowest BCUT2D eigenvalue weighted by molar-refractivity contribution is 0.540. The molecule has 0 N–H and O–H groups in total. The van der Waals surface area contributed by atoms with Gasteiger partial charge in [0.1, 0.15) is 0 Å². The molecule has 0 aromatic rings. The van der Waals surface area contributed by atoms with E-state index in [9.17, 15) is 0 Å². The van der Waals surface area contributed by atoms with Crippen LogP contribution in [0.15, 0.2) is 11.6 Å². The van der Waals surface area contributed by atoms with Gasteiger partial charge in [0.15, 0.2) is 0 Å². The second-order valence-corrected chi connectivity index (χ2v) is 4.05. The van der Waals surface area contributed by atoms with E-state index in [-0.39, 0.29) is 0 Å². The van der Waals surface area contributed by atoms with Gasteiger partial charge in [0.2, 0.25) is 0 Å². The molecular weight excluding hydrogens is 176 g/mol. The summed E-state index contributed by atoms with van der Waals surface area (Å²) in [4.78, 5) is 0. The van der Waals surface area contributed by atoms with Crippen LogP contribution >= 0.6 is 15.9 Å². The molecule has 9 heavy (non-hydrogen) atoms. The molecule has 0 heterocycles. The Hall–Kier alpha value is 0.220. The Kier molecular flexibility index (Phi) is 3.49. The highest BCUT2D eigenvalue weighted by atomic mass is 79.9. The van der Waals surface area contributed by atoms with Crippen LogP contribution < -0.4 is 0 Å². The summed E-state index contributed by atoms with van der Waals surface area (Å²) in [5.74, 6) is 0. The fraction of sp³-hybridized carbons (Fsp3) is 0.750. The second-order valence-electron chi connectivity index (χ2n) is 3.49. The summed E-state index contributed by atoms with van der Waals surface area (Å²) >= 11 is 3.40. The minimum Gasteiger partial charge on any atom is -0.0880 e. The van der Waals surface area contributed by atoms with Crippen molar-refractivity contribution in [2.45, 2.75) is 27.7 Å². The normalized spacial score (nSPS) is 14.1. The topological polar surface area (TPSA) is 0 Å². The van der Waals surface area contributed by atoms with Crippen LogP contribution in [0.3, 0.4) is 0 Å². The summed E-state index contributed by atoms with van der Waals surface area (Å²) < 4.78 is 0. The van der Waals surface area contributed by atoms with Crippen molar-refractivity contribution < 1.29 is 0 Å². The van der Waals surface area contributed by atoms with Gasteiger partial charge in [-0.1, -0.05) is 48.4 Å². The molecule has 0 fully saturated rings. The third-order valence-electron chi connectivity index (χ3n) is 0.890. The van der Waals surface area contributed by atoms with Crippen LogP contribution in [0.5, 0.6) is 0 Å². The Labute approximate surface area is 66.5 Å². The van der Waals surface area contributed by atoms with Gasteiger partial charge in [0, 0.05) is 5.33 Å². The first-order chi connectivity index (χ1) is 3.95. The minimum absolute atomic E-state index is 0.331. The van der Waals surface area contributed by atoms with Crippen LogP contribution in [-0.4, -0.2) is 5.33 Å². The summed E-state index contributed by atoms with van der Waals surface area (Å²) in [7, 11) is 0. The molecule has 0 bridgehead atoms. The smallest absolute Gasteiger partial charge is 0.0239 e. The first-order valence-corrected chi connectivity index (χ1v) is 4.32. The summed E-state index contributed by atoms with van der Waals surface area (Å²) in [6.45, 7) is 8.76. The minimum atomic E-state index is 0.331. The lowest BCUT2D eigenvalue weighted by Crippen LogP contribution is -2.00. The van der Waals surface area contributed by atoms with E-state index in [2.05, 4.69) is 49.7 Å². The quantitative estimate of drug-likeness (QED) is 0.440. The molecule has 0 aliphatic heterocycles. The van der Waals surface area contributed by atoms with Crippen molar-refractivity contribution in [3.8, 4) is 0 Å². The zero-order valence-corrected chi connectivity index (χ0v) is 8.25. The Bertz CT molecular complexity index is 106. The predicted octanol–water partition coefficient (Wildman–Crippen LogP) is 3.37. The highest BCUT2D eigenvalue weighted by molar-refractivity contribution is 9.09. The lowest BCUT2D eigenvalue weighted by Gasteiger charge is -2.12. The molecule has 54 valence electrons. The van der Waals surface area contributed by atoms with Gasteiger partial charge in [-0.15, -0.1) is 0 Å². The predicted molar refractivity (Wildman–Crippen MR) is 47.0 cm³/mol. The number of rotatable bonds is 1. The Morgan fingerprint density at radius 2 is 1.89 bits per heavy atom. The first kappa shape index (κ1) is 9.22. The van der Waals surface area contributed by atoms with Gasteiger partial charge in [-0.3, -0.25) is 0 Å². The van der Waals surface area contributed by atoms with Crippen LogP contribution in [0.4, 0.5) is 0 Å². The molecule has 0 aliphatic rings. The van der Waals surface area contributed by atoms with E-state index in [0.717, 1.165) is 5.33 Å². The van der Waals surface area contributed by atoms with Crippen LogP contribution in [0.25, 0.3) is 0 Å². The lowest BCUT2D eigenvalue weighted by atomic mass is 9.94. The zero-order valence-electron chi connectivity index (χ0n) is 6.66. The van der Waals surface area contributed by atoms with Crippen molar-refractivity contribution >= 4 is 15.9 Å². The largest absolute Gasteiger partial charge is 0.0880 e. The molecule has 0 amide bonds. The van der Waals surface area contributed by atoms with E-state index in [1.807, 2.05) is 0 Å². The van der Waals surface area contributed by atoms with Gasteiger partial charge >= 0.3 is 0 Å². The fourth-order valence-corrected chi connectivity index (χ4v) is 0.940. The molecule has 0 unspecified atom stereocenters. The van der Waals surface area contributed by atoms with Crippen molar-refractivity contribution in [3.05, 3.63) is 11.6 Å². The van der Waals surface area contributed by atoms with Crippen molar-refractivity contribution in [1.29, 1.82) is 0 Å². The van der Waals surface area contributed by atoms with E-state index in [0.29, 0.717) is 5.41 Å². The van der Waals surface area contributed by atoms with E-state index in [1.54, 1.807) is 0 Å². The molecule has 0 saturated carbocycles. The molecule has 1 heteroatoms. The molecule has 0 saturated heterocycles. The van der Waals surface area contributed by atoms with Crippen LogP contribution in [0, 0.1) is 5.41 Å². The Morgan fingerprint density at radius 3 is 2.00 bits per heavy atom. The second kappa shape index (κ2) is 3.40. The van der Waals surface area contributed by atoms with Gasteiger partial charge in [0.25, 0.3) is 0 Å². The van der Waals surface area contributed by atoms with E-state index in [1.165, 1.54) is 5.57 Å². The molecule has 0 nitrogen and oxygen atoms in total. The molecule has 0 atom stereocenters. The van der Waals surface area contributed by atoms with Crippen LogP contribution in [0.1, 0.15) is 27.7 Å². The number of hydrogen-bond donors (Lipinski definition) is 0. The van der Waals surface area contributed by atoms with Gasteiger partial charge in [0.05, 0.1) is 0 Å². The summed E-state index contributed by atoms with van der Waals surface area (Å²) in [5.41, 5.74) is 1.74. The number of alkyl halides is 1. The molecule has 0 aromatic carbocycles. The van der Waals surface area contributed by atoms with E-state index < -0.39 is 0 Å². The summed E-state index contributed by atoms with van der Waals surface area (Å²) in [6.07, 6.45) is 2.28. The highest BCUT2D eigenvalue weighted by Crippen LogP contribution is 2.17. The number of halogens is 1. The highest BCUT2D eigenvalue weighted by Gasteiger charge is 2.04. The average molecular weight is 191 g/mol. The third-order valence-corrected chi connectivity index (χ3v) is 1.77. The van der Waals surface area contributed by atoms with Gasteiger partial charge < -0.3 is 0 Å². The standard InChI is InChI=1S/C8H15Br/c1-7(6-9)5-8(2,3)4/h5H,6H2,1-4H3. The molecule has 0 radical (unpaired) electrons. The van der Waals surface area contributed by atoms with E-state index >= 15 is 0 Å². The molecule has 0 rings (SSSR count). The fourth-order valence-electron chi connectivity index (χ4n) is 0.778. The zero-order chi connectivity index (χ0) is 7.49. The van der Waals surface area contributed by atoms with Crippen LogP contribution in [-0.2, 0) is 0 Å². The molecular formula is C8H15Br. The monoisotopic (exact) mass is 190 g/mol. The first-order valence-electron chi connectivity index (χ1n) is 3.20. The van der Waals surface area contributed by atoms with Gasteiger partial charge in [-0.25, -0.2) is 0 Å². The molecule has 0 aromatic heterocycles. The van der Waals surface area contributed by atoms with Crippen molar-refractivity contribution in [1.82, 2.24) is 0 Å². The third kappa shape index (κ3) is 6.10. The molecule has 0 aliphatic carbocycles. The maximum absolute atomic E-state index is 3.40. The Balaban J connectivity index is 3.95. The van der Waals surface area contributed by atoms with Crippen molar-refractivity contribution in [3.63, 3.8) is 0 Å². The summed E-state index contributed by atoms with van der Waals surface area (Å²) in [5, 5.41) is 0.990. The van der Waals surface area contributed by atoms with Crippen molar-refractivity contribution in [2.24, 2.45) is 5.41 Å². The average Bonchev–Trinajstić information content (AvgIpc) is 1.62. The summed E-state index contributed by atoms with van der Waals surface area (Å²) in [6, 6.07) is 0. The van der Waals surface area contributed by atoms with Crippen LogP contribution in [0.2, 0.25) is 0 Å². The maximum Gasteiger partial charge on any atom is 0.0239 e. The molecule has 0 spiro atoms. The van der Waals surface area contributed by atoms with Gasteiger partial charge in [-0.05, 0) is 12.3 Å². The van der Waals surface area contributed by atoms with E-state index in [4.69, 9.17) is 0 Å². The SMILES string of the molecule is CC(=CC(C)(C)C)CBr. The number of hydrogen-bond acceptors (Lipinski definition) is 0. The van der Waals surface area contributed by atoms with Gasteiger partial charge in [-0.2, -0.15) is 0 Å². The maximum atomic E-state index is 3.40. The number of allylic oxidation sites excluding steroid dienone is 2.